The SMILES string of the molecule is CC1CC(C)CN(CCCCNC(=O)c2ccn(C3CCCNC3)n2)C1. The van der Waals surface area contributed by atoms with E-state index in [1.165, 1.54) is 25.9 Å². The van der Waals surface area contributed by atoms with Crippen molar-refractivity contribution in [3.63, 3.8) is 0 Å². The maximum Gasteiger partial charge on any atom is 0.271 e. The van der Waals surface area contributed by atoms with E-state index in [0.29, 0.717) is 11.7 Å². The lowest BCUT2D eigenvalue weighted by Crippen LogP contribution is -2.39. The smallest absolute Gasteiger partial charge is 0.271 e. The van der Waals surface area contributed by atoms with Crippen LogP contribution in [0.1, 0.15) is 62.5 Å². The maximum absolute atomic E-state index is 12.3. The summed E-state index contributed by atoms with van der Waals surface area (Å²) in [7, 11) is 0. The lowest BCUT2D eigenvalue weighted by Gasteiger charge is -2.34. The molecule has 2 aliphatic heterocycles. The van der Waals surface area contributed by atoms with E-state index in [-0.39, 0.29) is 5.91 Å². The molecule has 0 radical (unpaired) electrons. The van der Waals surface area contributed by atoms with Crippen LogP contribution in [-0.4, -0.2) is 59.9 Å². The number of unbranched alkanes of at least 4 members (excludes halogenated alkanes) is 1. The number of hydrogen-bond donors (Lipinski definition) is 2. The molecule has 6 heteroatoms. The Morgan fingerprint density at radius 1 is 1.31 bits per heavy atom. The van der Waals surface area contributed by atoms with Crippen LogP contribution in [0.2, 0.25) is 0 Å². The fraction of sp³-hybridized carbons (Fsp3) is 0.800. The van der Waals surface area contributed by atoms with Gasteiger partial charge in [-0.2, -0.15) is 5.10 Å². The first-order valence-electron chi connectivity index (χ1n) is 10.4. The van der Waals surface area contributed by atoms with Crippen LogP contribution >= 0.6 is 0 Å². The predicted octanol–water partition coefficient (Wildman–Crippen LogP) is 2.30. The van der Waals surface area contributed by atoms with Crippen LogP contribution in [0.25, 0.3) is 0 Å². The van der Waals surface area contributed by atoms with E-state index < -0.39 is 0 Å². The molecule has 1 aromatic heterocycles. The molecule has 2 N–H and O–H groups in total. The van der Waals surface area contributed by atoms with Crippen LogP contribution in [0.4, 0.5) is 0 Å². The third kappa shape index (κ3) is 5.55. The Kier molecular flexibility index (Phi) is 7.08. The first kappa shape index (κ1) is 19.4. The van der Waals surface area contributed by atoms with Crippen molar-refractivity contribution in [3.8, 4) is 0 Å². The molecule has 2 aliphatic rings. The van der Waals surface area contributed by atoms with Gasteiger partial charge in [0.1, 0.15) is 5.69 Å². The van der Waals surface area contributed by atoms with E-state index in [4.69, 9.17) is 0 Å². The first-order valence-corrected chi connectivity index (χ1v) is 10.4. The second kappa shape index (κ2) is 9.51. The van der Waals surface area contributed by atoms with Gasteiger partial charge in [0.15, 0.2) is 0 Å². The molecule has 6 nitrogen and oxygen atoms in total. The Labute approximate surface area is 157 Å². The van der Waals surface area contributed by atoms with Gasteiger partial charge in [0, 0.05) is 32.4 Å². The van der Waals surface area contributed by atoms with Crippen LogP contribution < -0.4 is 10.6 Å². The van der Waals surface area contributed by atoms with Gasteiger partial charge in [0.05, 0.1) is 6.04 Å². The molecule has 26 heavy (non-hydrogen) atoms. The number of aromatic nitrogens is 2. The van der Waals surface area contributed by atoms with Crippen molar-refractivity contribution in [1.29, 1.82) is 0 Å². The van der Waals surface area contributed by atoms with E-state index in [1.54, 1.807) is 0 Å². The number of piperidine rings is 2. The van der Waals surface area contributed by atoms with E-state index >= 15 is 0 Å². The Hall–Kier alpha value is -1.40. The minimum Gasteiger partial charge on any atom is -0.351 e. The highest BCUT2D eigenvalue weighted by Crippen LogP contribution is 2.21. The van der Waals surface area contributed by atoms with Crippen LogP contribution in [0.3, 0.4) is 0 Å². The molecule has 3 atom stereocenters. The fourth-order valence-electron chi connectivity index (χ4n) is 4.45. The average molecular weight is 362 g/mol. The quantitative estimate of drug-likeness (QED) is 0.732. The summed E-state index contributed by atoms with van der Waals surface area (Å²) in [4.78, 5) is 14.9. The largest absolute Gasteiger partial charge is 0.351 e. The van der Waals surface area contributed by atoms with Crippen molar-refractivity contribution >= 4 is 5.91 Å². The van der Waals surface area contributed by atoms with Crippen molar-refractivity contribution in [3.05, 3.63) is 18.0 Å². The standard InChI is InChI=1S/C20H35N5O/c1-16-12-17(2)15-24(14-16)10-4-3-9-22-20(26)19-7-11-25(23-19)18-6-5-8-21-13-18/h7,11,16-18,21H,3-6,8-10,12-15H2,1-2H3,(H,22,26). The molecule has 0 aliphatic carbocycles. The molecule has 0 aromatic carbocycles. The highest BCUT2D eigenvalue weighted by Gasteiger charge is 2.21. The zero-order chi connectivity index (χ0) is 18.4. The van der Waals surface area contributed by atoms with Gasteiger partial charge in [-0.3, -0.25) is 9.48 Å². The van der Waals surface area contributed by atoms with Gasteiger partial charge in [0.25, 0.3) is 5.91 Å². The number of nitrogens with zero attached hydrogens (tertiary/aromatic N) is 3. The lowest BCUT2D eigenvalue weighted by atomic mass is 9.92. The van der Waals surface area contributed by atoms with E-state index in [9.17, 15) is 4.79 Å². The Morgan fingerprint density at radius 2 is 2.12 bits per heavy atom. The minimum atomic E-state index is -0.0484. The fourth-order valence-corrected chi connectivity index (χ4v) is 4.45. The van der Waals surface area contributed by atoms with Crippen molar-refractivity contribution in [2.75, 3.05) is 39.3 Å². The molecule has 0 saturated carbocycles. The number of likely N-dealkylation sites (tertiary alicyclic amines) is 1. The molecular formula is C20H35N5O. The predicted molar refractivity (Wildman–Crippen MR) is 104 cm³/mol. The number of carbonyl (C=O) groups is 1. The van der Waals surface area contributed by atoms with Gasteiger partial charge in [0.2, 0.25) is 0 Å². The molecule has 2 fully saturated rings. The van der Waals surface area contributed by atoms with Crippen molar-refractivity contribution in [1.82, 2.24) is 25.3 Å². The summed E-state index contributed by atoms with van der Waals surface area (Å²) < 4.78 is 1.94. The number of rotatable bonds is 7. The van der Waals surface area contributed by atoms with Gasteiger partial charge in [-0.15, -0.1) is 0 Å². The zero-order valence-corrected chi connectivity index (χ0v) is 16.4. The zero-order valence-electron chi connectivity index (χ0n) is 16.4. The Balaban J connectivity index is 1.33. The second-order valence-electron chi connectivity index (χ2n) is 8.35. The minimum absolute atomic E-state index is 0.0484. The molecule has 3 heterocycles. The van der Waals surface area contributed by atoms with Crippen LogP contribution in [-0.2, 0) is 0 Å². The summed E-state index contributed by atoms with van der Waals surface area (Å²) in [6.07, 6.45) is 7.76. The first-order chi connectivity index (χ1) is 12.6. The highest BCUT2D eigenvalue weighted by atomic mass is 16.1. The molecule has 0 bridgehead atoms. The summed E-state index contributed by atoms with van der Waals surface area (Å²) in [6.45, 7) is 11.1. The lowest BCUT2D eigenvalue weighted by molar-refractivity contribution is 0.0945. The summed E-state index contributed by atoms with van der Waals surface area (Å²) in [5, 5.41) is 10.9. The topological polar surface area (TPSA) is 62.2 Å². The molecule has 1 amide bonds. The van der Waals surface area contributed by atoms with Gasteiger partial charge in [-0.1, -0.05) is 13.8 Å². The molecule has 3 rings (SSSR count). The van der Waals surface area contributed by atoms with Crippen LogP contribution in [0, 0.1) is 11.8 Å². The van der Waals surface area contributed by atoms with E-state index in [2.05, 4.69) is 34.5 Å². The molecule has 2 saturated heterocycles. The van der Waals surface area contributed by atoms with Crippen LogP contribution in [0.15, 0.2) is 12.3 Å². The summed E-state index contributed by atoms with van der Waals surface area (Å²) in [5.74, 6) is 1.58. The third-order valence-electron chi connectivity index (χ3n) is 5.62. The van der Waals surface area contributed by atoms with Crippen molar-refractivity contribution < 1.29 is 4.79 Å². The van der Waals surface area contributed by atoms with Gasteiger partial charge >= 0.3 is 0 Å². The number of hydrogen-bond acceptors (Lipinski definition) is 4. The molecule has 3 unspecified atom stereocenters. The van der Waals surface area contributed by atoms with Gasteiger partial charge < -0.3 is 15.5 Å². The van der Waals surface area contributed by atoms with Gasteiger partial charge in [-0.05, 0) is 63.1 Å². The van der Waals surface area contributed by atoms with Crippen molar-refractivity contribution in [2.45, 2.75) is 52.0 Å². The molecular weight excluding hydrogens is 326 g/mol. The summed E-state index contributed by atoms with van der Waals surface area (Å²) >= 11 is 0. The highest BCUT2D eigenvalue weighted by molar-refractivity contribution is 5.92. The van der Waals surface area contributed by atoms with E-state index in [0.717, 1.165) is 57.3 Å². The third-order valence-corrected chi connectivity index (χ3v) is 5.62. The normalized spacial score (nSPS) is 27.4. The number of carbonyl (C=O) groups excluding carboxylic acids is 1. The van der Waals surface area contributed by atoms with Crippen LogP contribution in [0.5, 0.6) is 0 Å². The maximum atomic E-state index is 12.3. The number of nitrogens with one attached hydrogen (secondary N) is 2. The Morgan fingerprint density at radius 3 is 2.85 bits per heavy atom. The second-order valence-corrected chi connectivity index (χ2v) is 8.35. The average Bonchev–Trinajstić information content (AvgIpc) is 3.11. The van der Waals surface area contributed by atoms with Crippen molar-refractivity contribution in [2.24, 2.45) is 11.8 Å². The monoisotopic (exact) mass is 361 g/mol. The molecule has 1 aromatic rings. The Bertz CT molecular complexity index is 556. The molecule has 0 spiro atoms. The van der Waals surface area contributed by atoms with Gasteiger partial charge in [-0.25, -0.2) is 0 Å². The number of amides is 1. The van der Waals surface area contributed by atoms with E-state index in [1.807, 2.05) is 16.9 Å². The summed E-state index contributed by atoms with van der Waals surface area (Å²) in [6, 6.07) is 2.21. The summed E-state index contributed by atoms with van der Waals surface area (Å²) in [5.41, 5.74) is 0.536. The molecule has 146 valence electrons.